The number of pyridine rings is 1. The fourth-order valence-electron chi connectivity index (χ4n) is 2.65. The van der Waals surface area contributed by atoms with Crippen molar-refractivity contribution < 1.29 is 70.8 Å². The Morgan fingerprint density at radius 3 is 2.05 bits per heavy atom. The van der Waals surface area contributed by atoms with Crippen LogP contribution in [0.15, 0.2) is 24.5 Å². The lowest BCUT2D eigenvalue weighted by atomic mass is 10.0. The summed E-state index contributed by atoms with van der Waals surface area (Å²) in [7, 11) is 0. The molecular weight excluding hydrogens is 534 g/mol. The highest BCUT2D eigenvalue weighted by molar-refractivity contribution is 5.89. The number of carboxylic acid groups (broad SMARTS) is 2. The highest BCUT2D eigenvalue weighted by Gasteiger charge is 2.30. The number of aromatic nitrogens is 1. The average Bonchev–Trinajstić information content (AvgIpc) is 2.82. The van der Waals surface area contributed by atoms with E-state index in [1.807, 2.05) is 43.7 Å². The van der Waals surface area contributed by atoms with E-state index < -0.39 is 30.3 Å². The van der Waals surface area contributed by atoms with Crippen molar-refractivity contribution in [2.45, 2.75) is 51.2 Å². The van der Waals surface area contributed by atoms with Crippen molar-refractivity contribution in [1.29, 1.82) is 0 Å². The number of aliphatic carboxylic acids is 2. The van der Waals surface area contributed by atoms with E-state index in [1.165, 1.54) is 0 Å². The number of carboxylic acids is 2. The van der Waals surface area contributed by atoms with E-state index in [1.54, 1.807) is 0 Å². The van der Waals surface area contributed by atoms with Crippen molar-refractivity contribution in [2.24, 2.45) is 5.92 Å². The number of amides is 2. The lowest BCUT2D eigenvalue weighted by molar-refractivity contribution is -0.692. The lowest BCUT2D eigenvalue weighted by Crippen LogP contribution is -2.96. The van der Waals surface area contributed by atoms with Crippen LogP contribution in [0.5, 0.6) is 0 Å². The van der Waals surface area contributed by atoms with Crippen molar-refractivity contribution >= 4 is 23.8 Å². The fourth-order valence-corrected chi connectivity index (χ4v) is 2.65. The predicted molar refractivity (Wildman–Crippen MR) is 110 cm³/mol. The molecule has 216 valence electrons. The molecular formula is C21H28F6N4O7. The van der Waals surface area contributed by atoms with Crippen molar-refractivity contribution in [3.8, 4) is 0 Å². The quantitative estimate of drug-likeness (QED) is 0.301. The third-order valence-corrected chi connectivity index (χ3v) is 4.39. The van der Waals surface area contributed by atoms with Gasteiger partial charge >= 0.3 is 12.4 Å². The van der Waals surface area contributed by atoms with E-state index in [-0.39, 0.29) is 17.9 Å². The molecule has 0 spiro atoms. The molecule has 0 saturated carbocycles. The fraction of sp³-hybridized carbons (Fsp3) is 0.571. The molecule has 17 heteroatoms. The van der Waals surface area contributed by atoms with Crippen LogP contribution in [0.1, 0.15) is 25.8 Å². The minimum absolute atomic E-state index is 0.136. The van der Waals surface area contributed by atoms with Gasteiger partial charge in [-0.1, -0.05) is 13.8 Å². The van der Waals surface area contributed by atoms with Crippen LogP contribution in [-0.4, -0.2) is 67.9 Å². The molecule has 38 heavy (non-hydrogen) atoms. The summed E-state index contributed by atoms with van der Waals surface area (Å²) >= 11 is 0. The van der Waals surface area contributed by atoms with Gasteiger partial charge in [-0.2, -0.15) is 26.3 Å². The summed E-state index contributed by atoms with van der Waals surface area (Å²) in [6.07, 6.45) is -6.13. The van der Waals surface area contributed by atoms with Gasteiger partial charge < -0.3 is 40.5 Å². The van der Waals surface area contributed by atoms with Crippen LogP contribution in [0.3, 0.4) is 0 Å². The summed E-state index contributed by atoms with van der Waals surface area (Å²) in [4.78, 5) is 45.4. The first-order chi connectivity index (χ1) is 17.4. The SMILES string of the molecule is CC(C)C[C@H](NC(=O)[C@@H]1COCC[NH2+]1)C(=O)NCc1ccc[nH+]c1.O=C([O-])C(F)(F)F.O=C([O-])C(F)(F)F. The number of hydrogen-bond acceptors (Lipinski definition) is 7. The Balaban J connectivity index is 0.000000804. The summed E-state index contributed by atoms with van der Waals surface area (Å²) < 4.78 is 68.4. The maximum absolute atomic E-state index is 12.5. The molecule has 1 fully saturated rings. The average molecular weight is 562 g/mol. The Morgan fingerprint density at radius 1 is 1.11 bits per heavy atom. The van der Waals surface area contributed by atoms with Crippen LogP contribution in [-0.2, 0) is 30.5 Å². The van der Waals surface area contributed by atoms with Crippen LogP contribution in [0, 0.1) is 5.92 Å². The first-order valence-corrected chi connectivity index (χ1v) is 11.0. The molecule has 5 N–H and O–H groups in total. The van der Waals surface area contributed by atoms with E-state index >= 15 is 0 Å². The van der Waals surface area contributed by atoms with Gasteiger partial charge in [0.25, 0.3) is 5.91 Å². The zero-order valence-corrected chi connectivity index (χ0v) is 20.3. The normalized spacial score (nSPS) is 16.1. The second-order valence-electron chi connectivity index (χ2n) is 8.10. The Bertz CT molecular complexity index is 868. The standard InChI is InChI=1S/C17H26N4O3.2C2HF3O2/c1-12(2)8-14(21-17(23)15-11-24-7-6-19-15)16(22)20-10-13-4-3-5-18-9-13;2*3-2(4,5)1(6)7/h3-5,9,12,14-15,19H,6-8,10-11H2,1-2H3,(H,20,22)(H,21,23);2*(H,6,7)/t14-,15-;;/m0../s1. The second-order valence-corrected chi connectivity index (χ2v) is 8.10. The molecule has 2 amide bonds. The third-order valence-electron chi connectivity index (χ3n) is 4.39. The van der Waals surface area contributed by atoms with Crippen LogP contribution >= 0.6 is 0 Å². The summed E-state index contributed by atoms with van der Waals surface area (Å²) in [5.41, 5.74) is 0.981. The number of halogens is 6. The Morgan fingerprint density at radius 2 is 1.66 bits per heavy atom. The molecule has 1 aromatic rings. The minimum atomic E-state index is -5.19. The van der Waals surface area contributed by atoms with Crippen molar-refractivity contribution in [3.63, 3.8) is 0 Å². The highest BCUT2D eigenvalue weighted by Crippen LogP contribution is 2.12. The number of quaternary nitrogens is 1. The van der Waals surface area contributed by atoms with Gasteiger partial charge in [-0.15, -0.1) is 0 Å². The number of nitrogens with one attached hydrogen (secondary N) is 3. The number of carbonyl (C=O) groups excluding carboxylic acids is 4. The van der Waals surface area contributed by atoms with E-state index in [0.29, 0.717) is 32.1 Å². The zero-order chi connectivity index (χ0) is 29.5. The number of aromatic amines is 1. The van der Waals surface area contributed by atoms with Crippen LogP contribution < -0.4 is 31.1 Å². The first kappa shape index (κ1) is 34.5. The zero-order valence-electron chi connectivity index (χ0n) is 20.3. The van der Waals surface area contributed by atoms with Gasteiger partial charge in [0.2, 0.25) is 5.91 Å². The van der Waals surface area contributed by atoms with Crippen LogP contribution in [0.4, 0.5) is 26.3 Å². The molecule has 0 bridgehead atoms. The second kappa shape index (κ2) is 16.4. The summed E-state index contributed by atoms with van der Waals surface area (Å²) in [6, 6.07) is 3.01. The van der Waals surface area contributed by atoms with E-state index in [0.717, 1.165) is 12.1 Å². The maximum Gasteiger partial charge on any atom is 0.430 e. The maximum atomic E-state index is 12.5. The van der Waals surface area contributed by atoms with E-state index in [2.05, 4.69) is 15.6 Å². The monoisotopic (exact) mass is 562 g/mol. The topological polar surface area (TPSA) is 178 Å². The Hall–Kier alpha value is -3.47. The van der Waals surface area contributed by atoms with Gasteiger partial charge in [-0.05, 0) is 18.4 Å². The molecule has 2 heterocycles. The number of H-pyrrole nitrogens is 1. The number of carbonyl (C=O) groups is 4. The summed E-state index contributed by atoms with van der Waals surface area (Å²) in [5.74, 6) is -6.00. The molecule has 0 aromatic carbocycles. The molecule has 0 unspecified atom stereocenters. The smallest absolute Gasteiger partial charge is 0.430 e. The third kappa shape index (κ3) is 15.6. The van der Waals surface area contributed by atoms with Gasteiger partial charge in [0.1, 0.15) is 24.6 Å². The molecule has 1 aliphatic rings. The molecule has 0 aliphatic carbocycles. The molecule has 1 saturated heterocycles. The van der Waals surface area contributed by atoms with Gasteiger partial charge in [0.05, 0.1) is 13.2 Å². The van der Waals surface area contributed by atoms with Gasteiger partial charge in [0.15, 0.2) is 18.4 Å². The van der Waals surface area contributed by atoms with Crippen molar-refractivity contribution in [2.75, 3.05) is 19.8 Å². The van der Waals surface area contributed by atoms with Gasteiger partial charge in [-0.3, -0.25) is 9.59 Å². The summed E-state index contributed by atoms with van der Waals surface area (Å²) in [5, 5.41) is 25.3. The summed E-state index contributed by atoms with van der Waals surface area (Å²) in [6.45, 7) is 6.32. The number of nitrogens with two attached hydrogens (primary N) is 1. The van der Waals surface area contributed by atoms with Gasteiger partial charge in [-0.25, -0.2) is 4.98 Å². The number of rotatable bonds is 7. The molecule has 0 radical (unpaired) electrons. The minimum Gasteiger partial charge on any atom is -0.542 e. The predicted octanol–water partition coefficient (Wildman–Crippen LogP) is -2.79. The van der Waals surface area contributed by atoms with Crippen LogP contribution in [0.2, 0.25) is 0 Å². The molecule has 11 nitrogen and oxygen atoms in total. The van der Waals surface area contributed by atoms with E-state index in [4.69, 9.17) is 24.5 Å². The Labute approximate surface area is 212 Å². The number of alkyl halides is 6. The Kier molecular flexibility index (Phi) is 14.9. The lowest BCUT2D eigenvalue weighted by Gasteiger charge is -2.24. The highest BCUT2D eigenvalue weighted by atomic mass is 19.4. The molecule has 2 rings (SSSR count). The first-order valence-electron chi connectivity index (χ1n) is 11.0. The van der Waals surface area contributed by atoms with Crippen molar-refractivity contribution in [1.82, 2.24) is 10.6 Å². The van der Waals surface area contributed by atoms with Crippen molar-refractivity contribution in [3.05, 3.63) is 30.1 Å². The largest absolute Gasteiger partial charge is 0.542 e. The number of ether oxygens (including phenoxy) is 1. The van der Waals surface area contributed by atoms with Crippen LogP contribution in [0.25, 0.3) is 0 Å². The number of hydrogen-bond donors (Lipinski definition) is 3. The number of morpholine rings is 1. The van der Waals surface area contributed by atoms with Gasteiger partial charge in [0, 0.05) is 18.2 Å². The molecule has 2 atom stereocenters. The molecule has 1 aliphatic heterocycles. The van der Waals surface area contributed by atoms with E-state index in [9.17, 15) is 35.9 Å². The molecule has 1 aromatic heterocycles.